The fourth-order valence-corrected chi connectivity index (χ4v) is 4.32. The van der Waals surface area contributed by atoms with Gasteiger partial charge in [0.1, 0.15) is 17.5 Å². The Balaban J connectivity index is 1.86. The van der Waals surface area contributed by atoms with Crippen LogP contribution in [0.25, 0.3) is 0 Å². The maximum Gasteiger partial charge on any atom is 0.410 e. The number of ether oxygens (including phenoxy) is 1. The number of hydrogen-bond acceptors (Lipinski definition) is 3. The lowest BCUT2D eigenvalue weighted by atomic mass is 9.93. The number of carbonyl (C=O) groups is 2. The standard InChI is InChI=1S/C20H26ClFN2O3/c1-20(2,3)27-19(26)24-11-12-6-5-7-14(12)17(24)18(25)23(4)13-8-9-16(22)15(21)10-13/h8-10,12,14,17H,5-7,11H2,1-4H3/t12-,14-,17-/m0/s1. The molecule has 1 aliphatic heterocycles. The Morgan fingerprint density at radius 2 is 2.00 bits per heavy atom. The number of amides is 2. The van der Waals surface area contributed by atoms with Gasteiger partial charge in [0.05, 0.1) is 5.02 Å². The second kappa shape index (κ2) is 7.30. The average Bonchev–Trinajstić information content (AvgIpc) is 3.15. The molecule has 0 aromatic heterocycles. The number of halogens is 2. The van der Waals surface area contributed by atoms with Gasteiger partial charge in [-0.3, -0.25) is 9.69 Å². The first-order chi connectivity index (χ1) is 12.6. The molecule has 3 atom stereocenters. The third-order valence-electron chi connectivity index (χ3n) is 5.39. The van der Waals surface area contributed by atoms with Gasteiger partial charge in [-0.25, -0.2) is 9.18 Å². The van der Waals surface area contributed by atoms with Crippen LogP contribution in [0, 0.1) is 17.7 Å². The fourth-order valence-electron chi connectivity index (χ4n) is 4.15. The molecule has 0 unspecified atom stereocenters. The van der Waals surface area contributed by atoms with Crippen LogP contribution in [0.15, 0.2) is 18.2 Å². The van der Waals surface area contributed by atoms with Gasteiger partial charge in [-0.1, -0.05) is 18.0 Å². The smallest absolute Gasteiger partial charge is 0.410 e. The molecule has 0 N–H and O–H groups in total. The van der Waals surface area contributed by atoms with Crippen molar-refractivity contribution in [3.63, 3.8) is 0 Å². The van der Waals surface area contributed by atoms with Crippen molar-refractivity contribution in [3.8, 4) is 0 Å². The van der Waals surface area contributed by atoms with Gasteiger partial charge >= 0.3 is 6.09 Å². The van der Waals surface area contributed by atoms with E-state index >= 15 is 0 Å². The number of benzene rings is 1. The topological polar surface area (TPSA) is 49.9 Å². The van der Waals surface area contributed by atoms with E-state index in [1.807, 2.05) is 20.8 Å². The Morgan fingerprint density at radius 1 is 1.30 bits per heavy atom. The second-order valence-corrected chi connectivity index (χ2v) is 8.84. The van der Waals surface area contributed by atoms with Crippen molar-refractivity contribution in [2.45, 2.75) is 51.7 Å². The summed E-state index contributed by atoms with van der Waals surface area (Å²) < 4.78 is 19.0. The summed E-state index contributed by atoms with van der Waals surface area (Å²) in [6, 6.07) is 3.60. The normalized spacial score (nSPS) is 24.7. The number of fused-ring (bicyclic) bond motifs is 1. The average molecular weight is 397 g/mol. The predicted octanol–water partition coefficient (Wildman–Crippen LogP) is 4.48. The number of rotatable bonds is 2. The van der Waals surface area contributed by atoms with Crippen LogP contribution in [0.2, 0.25) is 5.02 Å². The number of nitrogens with zero attached hydrogens (tertiary/aromatic N) is 2. The molecule has 1 saturated carbocycles. The highest BCUT2D eigenvalue weighted by Crippen LogP contribution is 2.43. The van der Waals surface area contributed by atoms with Gasteiger partial charge in [0, 0.05) is 19.3 Å². The van der Waals surface area contributed by atoms with Crippen molar-refractivity contribution in [2.24, 2.45) is 11.8 Å². The highest BCUT2D eigenvalue weighted by atomic mass is 35.5. The molecule has 5 nitrogen and oxygen atoms in total. The van der Waals surface area contributed by atoms with Crippen molar-refractivity contribution in [3.05, 3.63) is 29.0 Å². The van der Waals surface area contributed by atoms with Crippen molar-refractivity contribution >= 4 is 29.3 Å². The van der Waals surface area contributed by atoms with Crippen LogP contribution in [-0.2, 0) is 9.53 Å². The van der Waals surface area contributed by atoms with E-state index in [9.17, 15) is 14.0 Å². The van der Waals surface area contributed by atoms with E-state index in [-0.39, 0.29) is 16.8 Å². The molecule has 1 heterocycles. The highest BCUT2D eigenvalue weighted by molar-refractivity contribution is 6.31. The van der Waals surface area contributed by atoms with Crippen LogP contribution in [0.1, 0.15) is 40.0 Å². The Labute approximate surface area is 164 Å². The van der Waals surface area contributed by atoms with E-state index in [2.05, 4.69) is 0 Å². The van der Waals surface area contributed by atoms with Crippen LogP contribution < -0.4 is 4.90 Å². The third-order valence-corrected chi connectivity index (χ3v) is 5.68. The molecular weight excluding hydrogens is 371 g/mol. The van der Waals surface area contributed by atoms with Crippen LogP contribution in [0.4, 0.5) is 14.9 Å². The maximum absolute atomic E-state index is 13.5. The third kappa shape index (κ3) is 4.05. The summed E-state index contributed by atoms with van der Waals surface area (Å²) in [4.78, 5) is 29.1. The largest absolute Gasteiger partial charge is 0.444 e. The zero-order valence-corrected chi connectivity index (χ0v) is 16.9. The predicted molar refractivity (Wildman–Crippen MR) is 102 cm³/mol. The molecule has 1 saturated heterocycles. The Hall–Kier alpha value is -1.82. The Morgan fingerprint density at radius 3 is 2.63 bits per heavy atom. The van der Waals surface area contributed by atoms with Crippen LogP contribution in [0.3, 0.4) is 0 Å². The maximum atomic E-state index is 13.5. The minimum atomic E-state index is -0.626. The molecular formula is C20H26ClFN2O3. The molecule has 2 fully saturated rings. The number of hydrogen-bond donors (Lipinski definition) is 0. The molecule has 3 rings (SSSR count). The van der Waals surface area contributed by atoms with E-state index < -0.39 is 23.6 Å². The van der Waals surface area contributed by atoms with E-state index in [4.69, 9.17) is 16.3 Å². The number of anilines is 1. The minimum Gasteiger partial charge on any atom is -0.444 e. The molecule has 7 heteroatoms. The van der Waals surface area contributed by atoms with Gasteiger partial charge in [-0.2, -0.15) is 0 Å². The van der Waals surface area contributed by atoms with E-state index in [1.54, 1.807) is 11.9 Å². The summed E-state index contributed by atoms with van der Waals surface area (Å²) in [5.74, 6) is -0.286. The monoisotopic (exact) mass is 396 g/mol. The lowest BCUT2D eigenvalue weighted by Gasteiger charge is -2.32. The zero-order chi connectivity index (χ0) is 19.9. The molecule has 0 spiro atoms. The first kappa shape index (κ1) is 19.9. The van der Waals surface area contributed by atoms with Crippen molar-refractivity contribution in [2.75, 3.05) is 18.5 Å². The molecule has 148 valence electrons. The molecule has 1 aromatic rings. The van der Waals surface area contributed by atoms with Crippen molar-refractivity contribution in [1.29, 1.82) is 0 Å². The first-order valence-corrected chi connectivity index (χ1v) is 9.68. The van der Waals surface area contributed by atoms with Gasteiger partial charge in [-0.15, -0.1) is 0 Å². The lowest BCUT2D eigenvalue weighted by molar-refractivity contribution is -0.123. The molecule has 0 radical (unpaired) electrons. The van der Waals surface area contributed by atoms with Gasteiger partial charge < -0.3 is 9.64 Å². The first-order valence-electron chi connectivity index (χ1n) is 9.31. The van der Waals surface area contributed by atoms with Crippen LogP contribution in [0.5, 0.6) is 0 Å². The Bertz CT molecular complexity index is 749. The van der Waals surface area contributed by atoms with Gasteiger partial charge in [0.2, 0.25) is 5.91 Å². The minimum absolute atomic E-state index is 0.0405. The van der Waals surface area contributed by atoms with Gasteiger partial charge in [0.25, 0.3) is 0 Å². The van der Waals surface area contributed by atoms with Crippen molar-refractivity contribution in [1.82, 2.24) is 4.90 Å². The number of likely N-dealkylation sites (tertiary alicyclic amines) is 1. The summed E-state index contributed by atoms with van der Waals surface area (Å²) in [6.45, 7) is 5.97. The Kier molecular flexibility index (Phi) is 5.39. The molecule has 2 amide bonds. The highest BCUT2D eigenvalue weighted by Gasteiger charge is 2.51. The second-order valence-electron chi connectivity index (χ2n) is 8.43. The van der Waals surface area contributed by atoms with Crippen LogP contribution >= 0.6 is 11.6 Å². The summed E-state index contributed by atoms with van der Waals surface area (Å²) in [5, 5.41) is -0.0405. The molecule has 0 bridgehead atoms. The number of carbonyl (C=O) groups excluding carboxylic acids is 2. The summed E-state index contributed by atoms with van der Waals surface area (Å²) >= 11 is 5.87. The van der Waals surface area contributed by atoms with Gasteiger partial charge in [0.15, 0.2) is 0 Å². The molecule has 1 aromatic carbocycles. The fraction of sp³-hybridized carbons (Fsp3) is 0.600. The van der Waals surface area contributed by atoms with Crippen LogP contribution in [-0.4, -0.2) is 42.1 Å². The zero-order valence-electron chi connectivity index (χ0n) is 16.2. The summed E-state index contributed by atoms with van der Waals surface area (Å²) in [6.07, 6.45) is 2.53. The summed E-state index contributed by atoms with van der Waals surface area (Å²) in [5.41, 5.74) is -0.129. The molecule has 2 aliphatic rings. The van der Waals surface area contributed by atoms with E-state index in [0.717, 1.165) is 19.3 Å². The molecule has 1 aliphatic carbocycles. The van der Waals surface area contributed by atoms with Gasteiger partial charge in [-0.05, 0) is 63.6 Å². The summed E-state index contributed by atoms with van der Waals surface area (Å²) in [7, 11) is 1.63. The quantitative estimate of drug-likeness (QED) is 0.740. The van der Waals surface area contributed by atoms with Crippen molar-refractivity contribution < 1.29 is 18.7 Å². The number of likely N-dealkylation sites (N-methyl/N-ethyl adjacent to an activating group) is 1. The van der Waals surface area contributed by atoms with E-state index in [1.165, 1.54) is 23.1 Å². The SMILES string of the molecule is CN(C(=O)[C@@H]1[C@H]2CCC[C@H]2CN1C(=O)OC(C)(C)C)c1ccc(F)c(Cl)c1. The lowest BCUT2D eigenvalue weighted by Crippen LogP contribution is -2.50. The molecule has 27 heavy (non-hydrogen) atoms. The van der Waals surface area contributed by atoms with E-state index in [0.29, 0.717) is 18.2 Å².